The predicted molar refractivity (Wildman–Crippen MR) is 157 cm³/mol. The Labute approximate surface area is 235 Å². The van der Waals surface area contributed by atoms with Gasteiger partial charge in [0.15, 0.2) is 0 Å². The fraction of sp³-hybridized carbons (Fsp3) is 0.172. The molecule has 0 radical (unpaired) electrons. The highest BCUT2D eigenvalue weighted by Gasteiger charge is 2.17. The molecule has 0 aliphatic heterocycles. The second kappa shape index (κ2) is 10.8. The third-order valence-corrected chi connectivity index (χ3v) is 7.32. The molecule has 41 heavy (non-hydrogen) atoms. The van der Waals surface area contributed by atoms with Crippen LogP contribution in [0, 0.1) is 5.82 Å². The number of nitrogens with one attached hydrogen (secondary N) is 4. The van der Waals surface area contributed by atoms with E-state index in [-0.39, 0.29) is 6.54 Å². The van der Waals surface area contributed by atoms with Crippen molar-refractivity contribution >= 4 is 32.0 Å². The van der Waals surface area contributed by atoms with Crippen LogP contribution in [0.3, 0.4) is 0 Å². The molecule has 5 aromatic heterocycles. The molecule has 6 aromatic rings. The number of H-pyrrole nitrogens is 2. The zero-order valence-electron chi connectivity index (χ0n) is 22.4. The van der Waals surface area contributed by atoms with Gasteiger partial charge in [0.2, 0.25) is 10.0 Å². The minimum Gasteiger partial charge on any atom is -0.353 e. The predicted octanol–water partition coefficient (Wildman–Crippen LogP) is 4.53. The molecule has 0 aliphatic carbocycles. The average Bonchev–Trinajstić information content (AvgIpc) is 3.58. The molecule has 0 atom stereocenters. The van der Waals surface area contributed by atoms with E-state index >= 15 is 0 Å². The van der Waals surface area contributed by atoms with Crippen LogP contribution < -0.4 is 10.0 Å². The summed E-state index contributed by atoms with van der Waals surface area (Å²) in [7, 11) is -3.43. The summed E-state index contributed by atoms with van der Waals surface area (Å²) in [6.07, 6.45) is 6.34. The first-order valence-corrected chi connectivity index (χ1v) is 14.9. The van der Waals surface area contributed by atoms with Crippen LogP contribution in [-0.2, 0) is 23.1 Å². The summed E-state index contributed by atoms with van der Waals surface area (Å²) in [5.74, 6) is -0.485. The van der Waals surface area contributed by atoms with Gasteiger partial charge in [0.1, 0.15) is 17.0 Å². The molecule has 0 bridgehead atoms. The molecule has 0 amide bonds. The third-order valence-electron chi connectivity index (χ3n) is 6.65. The van der Waals surface area contributed by atoms with Crippen molar-refractivity contribution in [3.8, 4) is 33.9 Å². The summed E-state index contributed by atoms with van der Waals surface area (Å²) in [4.78, 5) is 17.2. The van der Waals surface area contributed by atoms with Crippen molar-refractivity contribution in [1.82, 2.24) is 40.2 Å². The first-order valence-electron chi connectivity index (χ1n) is 13.0. The molecule has 5 heterocycles. The number of fused-ring (bicyclic) bond motifs is 2. The molecule has 1 aromatic carbocycles. The fourth-order valence-electron chi connectivity index (χ4n) is 4.76. The van der Waals surface area contributed by atoms with Crippen molar-refractivity contribution in [3.05, 3.63) is 84.1 Å². The van der Waals surface area contributed by atoms with Gasteiger partial charge in [-0.2, -0.15) is 5.10 Å². The van der Waals surface area contributed by atoms with Gasteiger partial charge in [-0.05, 0) is 66.2 Å². The van der Waals surface area contributed by atoms with Gasteiger partial charge in [0.25, 0.3) is 0 Å². The molecule has 0 fully saturated rings. The van der Waals surface area contributed by atoms with Crippen molar-refractivity contribution in [1.29, 1.82) is 0 Å². The van der Waals surface area contributed by atoms with E-state index in [1.54, 1.807) is 18.5 Å². The molecule has 208 valence electrons. The number of aromatic amines is 2. The van der Waals surface area contributed by atoms with Crippen LogP contribution in [0.15, 0.2) is 67.1 Å². The lowest BCUT2D eigenvalue weighted by Crippen LogP contribution is -2.21. The second-order valence-corrected chi connectivity index (χ2v) is 11.6. The molecular weight excluding hydrogens is 543 g/mol. The minimum absolute atomic E-state index is 0.0290. The van der Waals surface area contributed by atoms with Gasteiger partial charge >= 0.3 is 0 Å². The van der Waals surface area contributed by atoms with Gasteiger partial charge in [0, 0.05) is 53.7 Å². The Morgan fingerprint density at radius 3 is 2.61 bits per heavy atom. The van der Waals surface area contributed by atoms with Crippen molar-refractivity contribution in [2.24, 2.45) is 0 Å². The summed E-state index contributed by atoms with van der Waals surface area (Å²) >= 11 is 0. The van der Waals surface area contributed by atoms with Crippen LogP contribution in [0.25, 0.3) is 55.8 Å². The average molecular weight is 571 g/mol. The zero-order valence-corrected chi connectivity index (χ0v) is 23.2. The van der Waals surface area contributed by atoms with Crippen molar-refractivity contribution in [3.63, 3.8) is 0 Å². The van der Waals surface area contributed by atoms with E-state index in [1.165, 1.54) is 12.1 Å². The number of halogens is 1. The zero-order chi connectivity index (χ0) is 28.6. The highest BCUT2D eigenvalue weighted by molar-refractivity contribution is 7.88. The molecule has 0 spiro atoms. The number of rotatable bonds is 9. The van der Waals surface area contributed by atoms with Crippen LogP contribution >= 0.6 is 0 Å². The smallest absolute Gasteiger partial charge is 0.209 e. The SMILES string of the molecule is CCNCc1cncc(-c2ccc3[nH]nc(-c4cc5c(-c6cc(F)cc(CNS(C)(=O)=O)c6)nccc5[nH]4)c3n2)c1. The fourth-order valence-corrected chi connectivity index (χ4v) is 5.19. The first-order chi connectivity index (χ1) is 19.8. The molecule has 10 nitrogen and oxygen atoms in total. The van der Waals surface area contributed by atoms with E-state index in [0.717, 1.165) is 58.3 Å². The Hall–Kier alpha value is -4.52. The monoisotopic (exact) mass is 570 g/mol. The van der Waals surface area contributed by atoms with Gasteiger partial charge in [-0.3, -0.25) is 15.1 Å². The molecule has 0 saturated heterocycles. The molecule has 0 aliphatic rings. The normalized spacial score (nSPS) is 12.0. The topological polar surface area (TPSA) is 141 Å². The van der Waals surface area contributed by atoms with Gasteiger partial charge < -0.3 is 10.3 Å². The maximum atomic E-state index is 14.6. The van der Waals surface area contributed by atoms with Gasteiger partial charge in [-0.15, -0.1) is 0 Å². The third kappa shape index (κ3) is 5.71. The van der Waals surface area contributed by atoms with Crippen LogP contribution in [-0.4, -0.2) is 51.4 Å². The summed E-state index contributed by atoms with van der Waals surface area (Å²) in [5, 5.41) is 11.7. The molecule has 12 heteroatoms. The summed E-state index contributed by atoms with van der Waals surface area (Å²) < 4.78 is 40.0. The Balaban J connectivity index is 1.39. The molecular formula is C29H27FN8O2S. The number of hydrogen-bond acceptors (Lipinski definition) is 7. The number of sulfonamides is 1. The highest BCUT2D eigenvalue weighted by atomic mass is 32.2. The molecule has 0 unspecified atom stereocenters. The van der Waals surface area contributed by atoms with Crippen molar-refractivity contribution in [2.75, 3.05) is 12.8 Å². The number of benzene rings is 1. The maximum Gasteiger partial charge on any atom is 0.209 e. The standard InChI is InChI=1S/C29H27FN8O2S/c1-3-31-13-18-9-20(16-32-14-18)23-4-5-25-28(36-23)29(38-37-25)26-12-22-24(35-26)6-7-33-27(22)19-8-17(10-21(30)11-19)15-34-41(2,39)40/h4-12,14,16,31,34-35H,3,13,15H2,1-2H3,(H,37,38). The maximum absolute atomic E-state index is 14.6. The van der Waals surface area contributed by atoms with Crippen LogP contribution in [0.1, 0.15) is 18.1 Å². The number of aromatic nitrogens is 6. The van der Waals surface area contributed by atoms with E-state index in [2.05, 4.69) is 48.2 Å². The minimum atomic E-state index is -3.43. The highest BCUT2D eigenvalue weighted by Crippen LogP contribution is 2.33. The molecule has 4 N–H and O–H groups in total. The quantitative estimate of drug-likeness (QED) is 0.200. The van der Waals surface area contributed by atoms with Crippen molar-refractivity contribution < 1.29 is 12.8 Å². The van der Waals surface area contributed by atoms with E-state index in [4.69, 9.17) is 4.98 Å². The van der Waals surface area contributed by atoms with E-state index < -0.39 is 15.8 Å². The lowest BCUT2D eigenvalue weighted by molar-refractivity contribution is 0.586. The lowest BCUT2D eigenvalue weighted by Gasteiger charge is -2.08. The Kier molecular flexibility index (Phi) is 7.03. The van der Waals surface area contributed by atoms with E-state index in [9.17, 15) is 12.8 Å². The second-order valence-electron chi connectivity index (χ2n) is 9.77. The van der Waals surface area contributed by atoms with Gasteiger partial charge in [-0.1, -0.05) is 6.92 Å². The Morgan fingerprint density at radius 2 is 1.78 bits per heavy atom. The van der Waals surface area contributed by atoms with E-state index in [0.29, 0.717) is 28.0 Å². The van der Waals surface area contributed by atoms with E-state index in [1.807, 2.05) is 30.5 Å². The van der Waals surface area contributed by atoms with Crippen molar-refractivity contribution in [2.45, 2.75) is 20.0 Å². The van der Waals surface area contributed by atoms with Gasteiger partial charge in [0.05, 0.1) is 28.9 Å². The Morgan fingerprint density at radius 1 is 0.927 bits per heavy atom. The molecule has 6 rings (SSSR count). The summed E-state index contributed by atoms with van der Waals surface area (Å²) in [6, 6.07) is 14.1. The van der Waals surface area contributed by atoms with Crippen LogP contribution in [0.2, 0.25) is 0 Å². The molecule has 0 saturated carbocycles. The van der Waals surface area contributed by atoms with Crippen LogP contribution in [0.5, 0.6) is 0 Å². The first kappa shape index (κ1) is 26.7. The largest absolute Gasteiger partial charge is 0.353 e. The summed E-state index contributed by atoms with van der Waals surface area (Å²) in [6.45, 7) is 3.63. The number of hydrogen-bond donors (Lipinski definition) is 4. The number of pyridine rings is 3. The summed E-state index contributed by atoms with van der Waals surface area (Å²) in [5.41, 5.74) is 7.96. The lowest BCUT2D eigenvalue weighted by atomic mass is 10.0. The van der Waals surface area contributed by atoms with Crippen LogP contribution in [0.4, 0.5) is 4.39 Å². The van der Waals surface area contributed by atoms with Gasteiger partial charge in [-0.25, -0.2) is 22.5 Å². The number of nitrogens with zero attached hydrogens (tertiary/aromatic N) is 4. The Bertz CT molecular complexity index is 2000.